The van der Waals surface area contributed by atoms with Gasteiger partial charge in [-0.3, -0.25) is 4.79 Å². The van der Waals surface area contributed by atoms with Crippen LogP contribution in [0.3, 0.4) is 0 Å². The van der Waals surface area contributed by atoms with Gasteiger partial charge in [-0.05, 0) is 18.2 Å². The minimum absolute atomic E-state index is 0.0494. The molecular weight excluding hydrogens is 274 g/mol. The van der Waals surface area contributed by atoms with Crippen LogP contribution in [0.1, 0.15) is 22.8 Å². The Morgan fingerprint density at radius 3 is 2.90 bits per heavy atom. The number of carbonyl (C=O) groups excluding carboxylic acids is 2. The SMILES string of the molecule is COC(=O)c1c[nH]c2ccc(C#CCSC(C)=O)cc12. The van der Waals surface area contributed by atoms with E-state index in [2.05, 4.69) is 16.8 Å². The van der Waals surface area contributed by atoms with Crippen LogP contribution in [0.25, 0.3) is 10.9 Å². The number of nitrogens with one attached hydrogen (secondary N) is 1. The van der Waals surface area contributed by atoms with E-state index in [1.807, 2.05) is 18.2 Å². The van der Waals surface area contributed by atoms with Gasteiger partial charge in [-0.15, -0.1) is 0 Å². The van der Waals surface area contributed by atoms with Gasteiger partial charge < -0.3 is 9.72 Å². The van der Waals surface area contributed by atoms with E-state index in [-0.39, 0.29) is 11.1 Å². The molecule has 102 valence electrons. The van der Waals surface area contributed by atoms with E-state index in [0.29, 0.717) is 11.3 Å². The normalized spacial score (nSPS) is 9.90. The van der Waals surface area contributed by atoms with Crippen LogP contribution in [0.15, 0.2) is 24.4 Å². The van der Waals surface area contributed by atoms with E-state index in [9.17, 15) is 9.59 Å². The maximum Gasteiger partial charge on any atom is 0.340 e. The average molecular weight is 287 g/mol. The Morgan fingerprint density at radius 2 is 2.20 bits per heavy atom. The number of benzene rings is 1. The Morgan fingerprint density at radius 1 is 1.40 bits per heavy atom. The second-order valence-electron chi connectivity index (χ2n) is 4.04. The highest BCUT2D eigenvalue weighted by Crippen LogP contribution is 2.20. The van der Waals surface area contributed by atoms with Crippen LogP contribution >= 0.6 is 11.8 Å². The van der Waals surface area contributed by atoms with E-state index in [1.165, 1.54) is 25.8 Å². The molecule has 0 aliphatic rings. The van der Waals surface area contributed by atoms with Gasteiger partial charge in [0, 0.05) is 29.6 Å². The zero-order valence-electron chi connectivity index (χ0n) is 11.1. The molecule has 0 radical (unpaired) electrons. The van der Waals surface area contributed by atoms with Crippen molar-refractivity contribution in [2.75, 3.05) is 12.9 Å². The van der Waals surface area contributed by atoms with Crippen molar-refractivity contribution in [2.45, 2.75) is 6.92 Å². The van der Waals surface area contributed by atoms with Gasteiger partial charge >= 0.3 is 5.97 Å². The molecule has 0 aliphatic carbocycles. The first-order valence-corrected chi connectivity index (χ1v) is 6.92. The van der Waals surface area contributed by atoms with E-state index in [4.69, 9.17) is 4.74 Å². The highest BCUT2D eigenvalue weighted by molar-refractivity contribution is 8.13. The summed E-state index contributed by atoms with van der Waals surface area (Å²) < 4.78 is 4.73. The first-order chi connectivity index (χ1) is 9.61. The molecule has 0 amide bonds. The van der Waals surface area contributed by atoms with Gasteiger partial charge in [0.1, 0.15) is 0 Å². The van der Waals surface area contributed by atoms with Gasteiger partial charge in [-0.2, -0.15) is 0 Å². The summed E-state index contributed by atoms with van der Waals surface area (Å²) >= 11 is 1.17. The summed E-state index contributed by atoms with van der Waals surface area (Å²) in [5.41, 5.74) is 2.14. The highest BCUT2D eigenvalue weighted by Gasteiger charge is 2.11. The number of carbonyl (C=O) groups is 2. The predicted molar refractivity (Wildman–Crippen MR) is 79.7 cm³/mol. The van der Waals surface area contributed by atoms with Gasteiger partial charge in [0.05, 0.1) is 18.4 Å². The number of aromatic amines is 1. The molecule has 2 rings (SSSR count). The van der Waals surface area contributed by atoms with Gasteiger partial charge in [0.2, 0.25) is 0 Å². The smallest absolute Gasteiger partial charge is 0.340 e. The fourth-order valence-electron chi connectivity index (χ4n) is 1.75. The number of fused-ring (bicyclic) bond motifs is 1. The number of esters is 1. The van der Waals surface area contributed by atoms with Crippen molar-refractivity contribution in [2.24, 2.45) is 0 Å². The van der Waals surface area contributed by atoms with Crippen LogP contribution in [-0.4, -0.2) is 28.9 Å². The molecule has 0 spiro atoms. The van der Waals surface area contributed by atoms with E-state index in [1.54, 1.807) is 6.20 Å². The number of ether oxygens (including phenoxy) is 1. The number of hydrogen-bond acceptors (Lipinski definition) is 4. The Bertz CT molecular complexity index is 722. The lowest BCUT2D eigenvalue weighted by Crippen LogP contribution is -1.99. The number of thioether (sulfide) groups is 1. The summed E-state index contributed by atoms with van der Waals surface area (Å²) in [5.74, 6) is 5.98. The monoisotopic (exact) mass is 287 g/mol. The quantitative estimate of drug-likeness (QED) is 0.681. The highest BCUT2D eigenvalue weighted by atomic mass is 32.2. The first kappa shape index (κ1) is 14.2. The third-order valence-electron chi connectivity index (χ3n) is 2.67. The molecule has 4 nitrogen and oxygen atoms in total. The van der Waals surface area contributed by atoms with Crippen molar-refractivity contribution in [3.63, 3.8) is 0 Å². The number of H-pyrrole nitrogens is 1. The Kier molecular flexibility index (Phi) is 4.49. The van der Waals surface area contributed by atoms with Crippen LogP contribution < -0.4 is 0 Å². The largest absolute Gasteiger partial charge is 0.465 e. The second kappa shape index (κ2) is 6.31. The summed E-state index contributed by atoms with van der Waals surface area (Å²) in [6.07, 6.45) is 1.62. The van der Waals surface area contributed by atoms with Crippen LogP contribution in [0.5, 0.6) is 0 Å². The molecule has 1 heterocycles. The molecule has 0 bridgehead atoms. The third kappa shape index (κ3) is 3.22. The predicted octanol–water partition coefficient (Wildman–Crippen LogP) is 2.59. The molecule has 0 fully saturated rings. The Hall–Kier alpha value is -2.19. The minimum atomic E-state index is -0.381. The summed E-state index contributed by atoms with van der Waals surface area (Å²) in [7, 11) is 1.35. The zero-order valence-corrected chi connectivity index (χ0v) is 12.0. The molecule has 0 unspecified atom stereocenters. The Balaban J connectivity index is 2.28. The molecule has 0 saturated heterocycles. The molecule has 1 aromatic heterocycles. The van der Waals surface area contributed by atoms with Crippen molar-refractivity contribution in [1.82, 2.24) is 4.98 Å². The zero-order chi connectivity index (χ0) is 14.5. The lowest BCUT2D eigenvalue weighted by molar-refractivity contribution is -0.109. The number of rotatable bonds is 2. The lowest BCUT2D eigenvalue weighted by atomic mass is 10.1. The van der Waals surface area contributed by atoms with Crippen molar-refractivity contribution in [3.05, 3.63) is 35.5 Å². The minimum Gasteiger partial charge on any atom is -0.465 e. The molecule has 0 saturated carbocycles. The molecule has 1 aromatic carbocycles. The molecule has 0 atom stereocenters. The van der Waals surface area contributed by atoms with Gasteiger partial charge in [-0.25, -0.2) is 4.79 Å². The van der Waals surface area contributed by atoms with Crippen molar-refractivity contribution in [1.29, 1.82) is 0 Å². The van der Waals surface area contributed by atoms with Crippen molar-refractivity contribution >= 4 is 33.7 Å². The van der Waals surface area contributed by atoms with E-state index >= 15 is 0 Å². The maximum absolute atomic E-state index is 11.6. The van der Waals surface area contributed by atoms with Crippen LogP contribution in [0, 0.1) is 11.8 Å². The fourth-order valence-corrected chi connectivity index (χ4v) is 2.10. The van der Waals surface area contributed by atoms with E-state index in [0.717, 1.165) is 16.5 Å². The molecule has 5 heteroatoms. The van der Waals surface area contributed by atoms with Gasteiger partial charge in [-0.1, -0.05) is 23.6 Å². The van der Waals surface area contributed by atoms with Crippen LogP contribution in [-0.2, 0) is 9.53 Å². The first-order valence-electron chi connectivity index (χ1n) is 5.93. The van der Waals surface area contributed by atoms with Gasteiger partial charge in [0.15, 0.2) is 5.12 Å². The van der Waals surface area contributed by atoms with E-state index < -0.39 is 0 Å². The number of hydrogen-bond donors (Lipinski definition) is 1. The molecule has 20 heavy (non-hydrogen) atoms. The summed E-state index contributed by atoms with van der Waals surface area (Å²) in [4.78, 5) is 25.4. The Labute approximate surface area is 120 Å². The number of aromatic nitrogens is 1. The lowest BCUT2D eigenvalue weighted by Gasteiger charge is -1.97. The standard InChI is InChI=1S/C15H13NO3S/c1-10(17)20-7-3-4-11-5-6-14-12(8-11)13(9-16-14)15(18)19-2/h5-6,8-9,16H,7H2,1-2H3. The van der Waals surface area contributed by atoms with Gasteiger partial charge in [0.25, 0.3) is 0 Å². The summed E-state index contributed by atoms with van der Waals surface area (Å²) in [6.45, 7) is 1.51. The average Bonchev–Trinajstić information content (AvgIpc) is 2.85. The second-order valence-corrected chi connectivity index (χ2v) is 5.19. The number of methoxy groups -OCH3 is 1. The molecule has 0 aliphatic heterocycles. The fraction of sp³-hybridized carbons (Fsp3) is 0.200. The summed E-state index contributed by atoms with van der Waals surface area (Å²) in [5, 5.41) is 0.830. The molecular formula is C15H13NO3S. The molecule has 2 aromatic rings. The van der Waals surface area contributed by atoms with Crippen LogP contribution in [0.2, 0.25) is 0 Å². The molecule has 1 N–H and O–H groups in total. The summed E-state index contributed by atoms with van der Waals surface area (Å²) in [6, 6.07) is 5.57. The maximum atomic E-state index is 11.6. The van der Waals surface area contributed by atoms with Crippen molar-refractivity contribution in [3.8, 4) is 11.8 Å². The van der Waals surface area contributed by atoms with Crippen LogP contribution in [0.4, 0.5) is 0 Å². The topological polar surface area (TPSA) is 59.2 Å². The third-order valence-corrected chi connectivity index (χ3v) is 3.36. The van der Waals surface area contributed by atoms with Crippen molar-refractivity contribution < 1.29 is 14.3 Å².